The van der Waals surface area contributed by atoms with E-state index in [2.05, 4.69) is 5.32 Å². The fourth-order valence-electron chi connectivity index (χ4n) is 1.93. The van der Waals surface area contributed by atoms with E-state index in [-0.39, 0.29) is 17.5 Å². The number of halogens is 3. The van der Waals surface area contributed by atoms with Gasteiger partial charge in [0.25, 0.3) is 0 Å². The van der Waals surface area contributed by atoms with Gasteiger partial charge in [0, 0.05) is 6.04 Å². The van der Waals surface area contributed by atoms with Crippen LogP contribution < -0.4 is 5.32 Å². The van der Waals surface area contributed by atoms with E-state index in [1.165, 1.54) is 12.1 Å². The number of benzene rings is 2. The van der Waals surface area contributed by atoms with Crippen LogP contribution in [0.1, 0.15) is 12.5 Å². The lowest BCUT2D eigenvalue weighted by Crippen LogP contribution is -2.19. The number of hydrogen-bond donors (Lipinski definition) is 1. The second-order valence-electron chi connectivity index (χ2n) is 4.44. The number of para-hydroxylation sites is 1. The minimum absolute atomic E-state index is 0.133. The molecule has 0 aliphatic rings. The summed E-state index contributed by atoms with van der Waals surface area (Å²) in [5.74, 6) is -0.663. The molecule has 4 heteroatoms. The van der Waals surface area contributed by atoms with Crippen LogP contribution in [0.15, 0.2) is 42.5 Å². The van der Waals surface area contributed by atoms with E-state index in [0.717, 1.165) is 0 Å². The Kier molecular flexibility index (Phi) is 4.38. The number of hydrogen-bond acceptors (Lipinski definition) is 1. The van der Waals surface area contributed by atoms with Crippen molar-refractivity contribution in [2.24, 2.45) is 0 Å². The Bertz CT molecular complexity index is 552. The van der Waals surface area contributed by atoms with Crippen molar-refractivity contribution in [1.82, 2.24) is 0 Å². The molecule has 0 saturated heterocycles. The predicted molar refractivity (Wildman–Crippen MR) is 74.6 cm³/mol. The Morgan fingerprint density at radius 3 is 2.42 bits per heavy atom. The van der Waals surface area contributed by atoms with Crippen molar-refractivity contribution in [3.8, 4) is 0 Å². The maximum Gasteiger partial charge on any atom is 0.147 e. The standard InChI is InChI=1S/C15H14ClF2N/c1-10(9-11-5-2-3-7-13(11)17)19-15-12(16)6-4-8-14(15)18/h2-8,10,19H,9H2,1H3. The molecule has 0 radical (unpaired) electrons. The molecule has 0 aromatic heterocycles. The smallest absolute Gasteiger partial charge is 0.147 e. The summed E-state index contributed by atoms with van der Waals surface area (Å²) in [5, 5.41) is 3.30. The number of anilines is 1. The highest BCUT2D eigenvalue weighted by Crippen LogP contribution is 2.25. The Labute approximate surface area is 116 Å². The fraction of sp³-hybridized carbons (Fsp3) is 0.200. The minimum Gasteiger partial charge on any atom is -0.379 e. The van der Waals surface area contributed by atoms with Crippen LogP contribution in [0.5, 0.6) is 0 Å². The Morgan fingerprint density at radius 2 is 1.74 bits per heavy atom. The number of rotatable bonds is 4. The van der Waals surface area contributed by atoms with E-state index in [1.54, 1.807) is 30.3 Å². The van der Waals surface area contributed by atoms with E-state index in [1.807, 2.05) is 6.92 Å². The molecule has 2 aromatic carbocycles. The van der Waals surface area contributed by atoms with Gasteiger partial charge in [0.2, 0.25) is 0 Å². The lowest BCUT2D eigenvalue weighted by Gasteiger charge is -2.17. The molecule has 19 heavy (non-hydrogen) atoms. The second kappa shape index (κ2) is 6.02. The molecule has 0 aliphatic carbocycles. The Hall–Kier alpha value is -1.61. The van der Waals surface area contributed by atoms with Crippen LogP contribution in [0.25, 0.3) is 0 Å². The molecular weight excluding hydrogens is 268 g/mol. The first-order valence-electron chi connectivity index (χ1n) is 6.02. The quantitative estimate of drug-likeness (QED) is 0.859. The van der Waals surface area contributed by atoms with Crippen molar-refractivity contribution in [3.05, 3.63) is 64.7 Å². The van der Waals surface area contributed by atoms with Crippen LogP contribution in [-0.2, 0) is 6.42 Å². The van der Waals surface area contributed by atoms with Gasteiger partial charge in [-0.2, -0.15) is 0 Å². The van der Waals surface area contributed by atoms with Gasteiger partial charge in [0.15, 0.2) is 0 Å². The van der Waals surface area contributed by atoms with Gasteiger partial charge < -0.3 is 5.32 Å². The molecule has 1 atom stereocenters. The van der Waals surface area contributed by atoms with Crippen LogP contribution in [-0.4, -0.2) is 6.04 Å². The maximum atomic E-state index is 13.6. The van der Waals surface area contributed by atoms with E-state index < -0.39 is 5.82 Å². The van der Waals surface area contributed by atoms with Crippen LogP contribution >= 0.6 is 11.6 Å². The van der Waals surface area contributed by atoms with Crippen LogP contribution in [0.3, 0.4) is 0 Å². The highest BCUT2D eigenvalue weighted by atomic mass is 35.5. The molecule has 0 spiro atoms. The van der Waals surface area contributed by atoms with Gasteiger partial charge in [-0.05, 0) is 37.1 Å². The lowest BCUT2D eigenvalue weighted by molar-refractivity contribution is 0.598. The zero-order valence-electron chi connectivity index (χ0n) is 10.5. The summed E-state index contributed by atoms with van der Waals surface area (Å²) >= 11 is 5.93. The summed E-state index contributed by atoms with van der Waals surface area (Å²) in [6.07, 6.45) is 0.456. The van der Waals surface area contributed by atoms with Crippen molar-refractivity contribution in [1.29, 1.82) is 0 Å². The molecule has 2 aromatic rings. The molecule has 0 saturated carbocycles. The highest BCUT2D eigenvalue weighted by Gasteiger charge is 2.12. The van der Waals surface area contributed by atoms with Gasteiger partial charge in [-0.3, -0.25) is 0 Å². The molecular formula is C15H14ClF2N. The summed E-state index contributed by atoms with van der Waals surface area (Å²) < 4.78 is 27.1. The maximum absolute atomic E-state index is 13.6. The third kappa shape index (κ3) is 3.44. The molecule has 0 fully saturated rings. The summed E-state index contributed by atoms with van der Waals surface area (Å²) in [6.45, 7) is 1.86. The zero-order chi connectivity index (χ0) is 13.8. The topological polar surface area (TPSA) is 12.0 Å². The largest absolute Gasteiger partial charge is 0.379 e. The monoisotopic (exact) mass is 281 g/mol. The number of nitrogens with one attached hydrogen (secondary N) is 1. The van der Waals surface area contributed by atoms with E-state index in [9.17, 15) is 8.78 Å². The molecule has 1 unspecified atom stereocenters. The average molecular weight is 282 g/mol. The van der Waals surface area contributed by atoms with Gasteiger partial charge in [-0.15, -0.1) is 0 Å². The van der Waals surface area contributed by atoms with Crippen LogP contribution in [0, 0.1) is 11.6 Å². The summed E-state index contributed by atoms with van der Waals surface area (Å²) in [4.78, 5) is 0. The lowest BCUT2D eigenvalue weighted by atomic mass is 10.1. The molecule has 1 nitrogen and oxygen atoms in total. The van der Waals surface area contributed by atoms with Gasteiger partial charge >= 0.3 is 0 Å². The molecule has 0 aliphatic heterocycles. The Balaban J connectivity index is 2.10. The summed E-state index contributed by atoms with van der Waals surface area (Å²) in [5.41, 5.74) is 0.850. The van der Waals surface area contributed by atoms with Crippen molar-refractivity contribution >= 4 is 17.3 Å². The van der Waals surface area contributed by atoms with Crippen molar-refractivity contribution in [2.75, 3.05) is 5.32 Å². The van der Waals surface area contributed by atoms with E-state index in [4.69, 9.17) is 11.6 Å². The zero-order valence-corrected chi connectivity index (χ0v) is 11.2. The molecule has 0 bridgehead atoms. The summed E-state index contributed by atoms with van der Waals surface area (Å²) in [6, 6.07) is 10.9. The van der Waals surface area contributed by atoms with Gasteiger partial charge in [0.1, 0.15) is 11.6 Å². The summed E-state index contributed by atoms with van der Waals surface area (Å²) in [7, 11) is 0. The van der Waals surface area contributed by atoms with Gasteiger partial charge in [0.05, 0.1) is 10.7 Å². The van der Waals surface area contributed by atoms with Crippen molar-refractivity contribution in [3.63, 3.8) is 0 Å². The molecule has 0 amide bonds. The highest BCUT2D eigenvalue weighted by molar-refractivity contribution is 6.33. The average Bonchev–Trinajstić information content (AvgIpc) is 2.37. The van der Waals surface area contributed by atoms with Crippen molar-refractivity contribution in [2.45, 2.75) is 19.4 Å². The van der Waals surface area contributed by atoms with Crippen molar-refractivity contribution < 1.29 is 8.78 Å². The minimum atomic E-state index is -0.409. The first-order chi connectivity index (χ1) is 9.08. The van der Waals surface area contributed by atoms with Gasteiger partial charge in [-0.25, -0.2) is 8.78 Å². The molecule has 0 heterocycles. The third-order valence-electron chi connectivity index (χ3n) is 2.84. The first-order valence-corrected chi connectivity index (χ1v) is 6.39. The normalized spacial score (nSPS) is 12.2. The Morgan fingerprint density at radius 1 is 1.05 bits per heavy atom. The van der Waals surface area contributed by atoms with Crippen LogP contribution in [0.4, 0.5) is 14.5 Å². The third-order valence-corrected chi connectivity index (χ3v) is 3.15. The first kappa shape index (κ1) is 13.8. The SMILES string of the molecule is CC(Cc1ccccc1F)Nc1c(F)cccc1Cl. The van der Waals surface area contributed by atoms with E-state index in [0.29, 0.717) is 17.0 Å². The molecule has 2 rings (SSSR count). The molecule has 100 valence electrons. The van der Waals surface area contributed by atoms with E-state index >= 15 is 0 Å². The molecule has 1 N–H and O–H groups in total. The van der Waals surface area contributed by atoms with Crippen LogP contribution in [0.2, 0.25) is 5.02 Å². The van der Waals surface area contributed by atoms with Gasteiger partial charge in [-0.1, -0.05) is 35.9 Å². The second-order valence-corrected chi connectivity index (χ2v) is 4.84. The fourth-order valence-corrected chi connectivity index (χ4v) is 2.14. The predicted octanol–water partition coefficient (Wildman–Crippen LogP) is 4.66.